The smallest absolute Gasteiger partial charge is 0.224 e. The summed E-state index contributed by atoms with van der Waals surface area (Å²) in [6, 6.07) is 5.53. The van der Waals surface area contributed by atoms with Crippen LogP contribution in [0.3, 0.4) is 0 Å². The average molecular weight is 334 g/mol. The van der Waals surface area contributed by atoms with Crippen molar-refractivity contribution < 1.29 is 14.3 Å². The molecule has 0 radical (unpaired) electrons. The van der Waals surface area contributed by atoms with Crippen molar-refractivity contribution in [2.45, 2.75) is 45.4 Å². The zero-order chi connectivity index (χ0) is 17.2. The zero-order valence-corrected chi connectivity index (χ0v) is 14.9. The second kappa shape index (κ2) is 10.2. The number of piperidine rings is 1. The molecule has 0 unspecified atom stereocenters. The molecule has 0 spiro atoms. The van der Waals surface area contributed by atoms with E-state index in [-0.39, 0.29) is 5.91 Å². The van der Waals surface area contributed by atoms with Gasteiger partial charge in [0, 0.05) is 12.5 Å². The lowest BCUT2D eigenvalue weighted by molar-refractivity contribution is -0.116. The molecular formula is C19H30N2O3. The monoisotopic (exact) mass is 334 g/mol. The Hall–Kier alpha value is -1.75. The molecule has 24 heavy (non-hydrogen) atoms. The quantitative estimate of drug-likeness (QED) is 0.678. The van der Waals surface area contributed by atoms with Gasteiger partial charge in [-0.15, -0.1) is 0 Å². The maximum atomic E-state index is 12.3. The fourth-order valence-corrected chi connectivity index (χ4v) is 2.90. The number of carbonyl (C=O) groups excluding carboxylic acids is 1. The molecule has 1 saturated heterocycles. The Morgan fingerprint density at radius 3 is 2.83 bits per heavy atom. The Bertz CT molecular complexity index is 513. The molecular weight excluding hydrogens is 304 g/mol. The third-order valence-electron chi connectivity index (χ3n) is 4.45. The summed E-state index contributed by atoms with van der Waals surface area (Å²) in [5, 5.41) is 6.35. The Morgan fingerprint density at radius 2 is 2.12 bits per heavy atom. The molecule has 134 valence electrons. The highest BCUT2D eigenvalue weighted by Crippen LogP contribution is 2.30. The van der Waals surface area contributed by atoms with Crippen molar-refractivity contribution in [2.75, 3.05) is 32.1 Å². The minimum absolute atomic E-state index is 0.0436. The van der Waals surface area contributed by atoms with Crippen LogP contribution in [0.2, 0.25) is 0 Å². The number of unbranched alkanes of at least 4 members (excludes halogenated alkanes) is 1. The van der Waals surface area contributed by atoms with Crippen molar-refractivity contribution in [3.8, 4) is 11.5 Å². The first-order valence-corrected chi connectivity index (χ1v) is 9.04. The summed E-state index contributed by atoms with van der Waals surface area (Å²) in [6.07, 6.45) is 5.90. The van der Waals surface area contributed by atoms with Crippen LogP contribution in [0.25, 0.3) is 0 Å². The van der Waals surface area contributed by atoms with Gasteiger partial charge in [0.05, 0.1) is 19.4 Å². The fourth-order valence-electron chi connectivity index (χ4n) is 2.90. The van der Waals surface area contributed by atoms with Crippen LogP contribution in [0.4, 0.5) is 5.69 Å². The van der Waals surface area contributed by atoms with E-state index in [0.29, 0.717) is 36.1 Å². The number of anilines is 1. The van der Waals surface area contributed by atoms with Crippen LogP contribution in [0.5, 0.6) is 11.5 Å². The van der Waals surface area contributed by atoms with Crippen LogP contribution < -0.4 is 20.1 Å². The average Bonchev–Trinajstić information content (AvgIpc) is 2.62. The number of nitrogens with one attached hydrogen (secondary N) is 2. The second-order valence-corrected chi connectivity index (χ2v) is 6.34. The van der Waals surface area contributed by atoms with Gasteiger partial charge in [0.1, 0.15) is 11.5 Å². The zero-order valence-electron chi connectivity index (χ0n) is 14.9. The summed E-state index contributed by atoms with van der Waals surface area (Å²) in [6.45, 7) is 4.91. The second-order valence-electron chi connectivity index (χ2n) is 6.34. The van der Waals surface area contributed by atoms with Gasteiger partial charge in [0.25, 0.3) is 0 Å². The van der Waals surface area contributed by atoms with E-state index in [1.54, 1.807) is 7.11 Å². The van der Waals surface area contributed by atoms with Gasteiger partial charge < -0.3 is 20.1 Å². The minimum Gasteiger partial charge on any atom is -0.497 e. The van der Waals surface area contributed by atoms with Crippen LogP contribution in [0, 0.1) is 5.92 Å². The normalized spacial score (nSPS) is 15.1. The third kappa shape index (κ3) is 6.04. The molecule has 2 rings (SSSR count). The Morgan fingerprint density at radius 1 is 1.33 bits per heavy atom. The maximum Gasteiger partial charge on any atom is 0.224 e. The first-order valence-electron chi connectivity index (χ1n) is 9.04. The van der Waals surface area contributed by atoms with E-state index in [0.717, 1.165) is 45.2 Å². The summed E-state index contributed by atoms with van der Waals surface area (Å²) in [7, 11) is 1.62. The first kappa shape index (κ1) is 18.6. The van der Waals surface area contributed by atoms with Crippen molar-refractivity contribution in [1.29, 1.82) is 0 Å². The number of benzene rings is 1. The van der Waals surface area contributed by atoms with Crippen LogP contribution in [0.15, 0.2) is 18.2 Å². The molecule has 1 aliphatic rings. The van der Waals surface area contributed by atoms with E-state index in [1.165, 1.54) is 0 Å². The van der Waals surface area contributed by atoms with E-state index in [2.05, 4.69) is 17.6 Å². The first-order chi connectivity index (χ1) is 11.7. The highest BCUT2D eigenvalue weighted by molar-refractivity contribution is 5.92. The Balaban J connectivity index is 1.91. The summed E-state index contributed by atoms with van der Waals surface area (Å²) in [5.74, 6) is 2.12. The lowest BCUT2D eigenvalue weighted by Gasteiger charge is -2.22. The van der Waals surface area contributed by atoms with Crippen molar-refractivity contribution in [3.05, 3.63) is 18.2 Å². The molecule has 0 bridgehead atoms. The molecule has 1 amide bonds. The number of hydrogen-bond donors (Lipinski definition) is 2. The van der Waals surface area contributed by atoms with Crippen LogP contribution >= 0.6 is 0 Å². The third-order valence-corrected chi connectivity index (χ3v) is 4.45. The highest BCUT2D eigenvalue weighted by atomic mass is 16.5. The predicted octanol–water partition coefficient (Wildman–Crippen LogP) is 3.59. The molecule has 1 heterocycles. The number of ether oxygens (including phenoxy) is 2. The standard InChI is InChI=1S/C19H30N2O3/c1-3-4-13-24-18-7-6-16(23-2)14-17(18)21-19(22)8-5-15-9-11-20-12-10-15/h6-7,14-15,20H,3-5,8-13H2,1-2H3,(H,21,22). The number of rotatable bonds is 9. The summed E-state index contributed by atoms with van der Waals surface area (Å²) in [4.78, 5) is 12.3. The fraction of sp³-hybridized carbons (Fsp3) is 0.632. The van der Waals surface area contributed by atoms with E-state index in [4.69, 9.17) is 9.47 Å². The van der Waals surface area contributed by atoms with Gasteiger partial charge in [-0.3, -0.25) is 4.79 Å². The molecule has 0 atom stereocenters. The lowest BCUT2D eigenvalue weighted by atomic mass is 9.93. The number of amides is 1. The number of carbonyl (C=O) groups is 1. The molecule has 1 fully saturated rings. The van der Waals surface area contributed by atoms with Gasteiger partial charge in [0.15, 0.2) is 0 Å². The molecule has 1 aromatic carbocycles. The van der Waals surface area contributed by atoms with E-state index in [1.807, 2.05) is 18.2 Å². The molecule has 5 heteroatoms. The van der Waals surface area contributed by atoms with E-state index >= 15 is 0 Å². The van der Waals surface area contributed by atoms with Crippen LogP contribution in [-0.2, 0) is 4.79 Å². The molecule has 0 saturated carbocycles. The SMILES string of the molecule is CCCCOc1ccc(OC)cc1NC(=O)CCC1CCNCC1. The molecule has 2 N–H and O–H groups in total. The maximum absolute atomic E-state index is 12.3. The van der Waals surface area contributed by atoms with E-state index in [9.17, 15) is 4.79 Å². The van der Waals surface area contributed by atoms with Gasteiger partial charge in [0.2, 0.25) is 5.91 Å². The van der Waals surface area contributed by atoms with Crippen LogP contribution in [-0.4, -0.2) is 32.7 Å². The van der Waals surface area contributed by atoms with Gasteiger partial charge in [-0.05, 0) is 56.8 Å². The van der Waals surface area contributed by atoms with Gasteiger partial charge in [-0.1, -0.05) is 13.3 Å². The van der Waals surface area contributed by atoms with Crippen molar-refractivity contribution >= 4 is 11.6 Å². The predicted molar refractivity (Wildman–Crippen MR) is 96.9 cm³/mol. The summed E-state index contributed by atoms with van der Waals surface area (Å²) < 4.78 is 11.1. The van der Waals surface area contributed by atoms with Gasteiger partial charge >= 0.3 is 0 Å². The number of methoxy groups -OCH3 is 1. The van der Waals surface area contributed by atoms with Crippen molar-refractivity contribution in [1.82, 2.24) is 5.32 Å². The highest BCUT2D eigenvalue weighted by Gasteiger charge is 2.15. The van der Waals surface area contributed by atoms with Crippen molar-refractivity contribution in [2.24, 2.45) is 5.92 Å². The largest absolute Gasteiger partial charge is 0.497 e. The summed E-state index contributed by atoms with van der Waals surface area (Å²) >= 11 is 0. The minimum atomic E-state index is 0.0436. The topological polar surface area (TPSA) is 59.6 Å². The van der Waals surface area contributed by atoms with Gasteiger partial charge in [-0.25, -0.2) is 0 Å². The van der Waals surface area contributed by atoms with Crippen LogP contribution in [0.1, 0.15) is 45.4 Å². The molecule has 0 aliphatic carbocycles. The molecule has 1 aliphatic heterocycles. The lowest BCUT2D eigenvalue weighted by Crippen LogP contribution is -2.28. The molecule has 1 aromatic rings. The number of hydrogen-bond acceptors (Lipinski definition) is 4. The molecule has 5 nitrogen and oxygen atoms in total. The van der Waals surface area contributed by atoms with E-state index < -0.39 is 0 Å². The Labute approximate surface area is 145 Å². The summed E-state index contributed by atoms with van der Waals surface area (Å²) in [5.41, 5.74) is 0.695. The Kier molecular flexibility index (Phi) is 7.89. The van der Waals surface area contributed by atoms with Crippen molar-refractivity contribution in [3.63, 3.8) is 0 Å². The van der Waals surface area contributed by atoms with Gasteiger partial charge in [-0.2, -0.15) is 0 Å². The molecule has 0 aromatic heterocycles.